The second-order valence-corrected chi connectivity index (χ2v) is 4.72. The molecule has 0 aromatic heterocycles. The number of thiocarbonyl (C=S) groups is 1. The highest BCUT2D eigenvalue weighted by Crippen LogP contribution is 2.32. The van der Waals surface area contributed by atoms with Crippen LogP contribution < -0.4 is 20.2 Å². The molecule has 19 heavy (non-hydrogen) atoms. The third kappa shape index (κ3) is 4.68. The molecule has 0 aliphatic rings. The summed E-state index contributed by atoms with van der Waals surface area (Å²) in [5.74, 6) is 1.30. The molecule has 0 heterocycles. The fourth-order valence-corrected chi connectivity index (χ4v) is 1.95. The maximum absolute atomic E-state index is 5.23. The Morgan fingerprint density at radius 2 is 2.00 bits per heavy atom. The van der Waals surface area contributed by atoms with E-state index in [0.29, 0.717) is 16.6 Å². The van der Waals surface area contributed by atoms with Crippen LogP contribution in [0.5, 0.6) is 11.5 Å². The van der Waals surface area contributed by atoms with Gasteiger partial charge in [0.1, 0.15) is 0 Å². The van der Waals surface area contributed by atoms with Crippen LogP contribution in [-0.4, -0.2) is 32.1 Å². The average Bonchev–Trinajstić information content (AvgIpc) is 2.40. The fourth-order valence-electron chi connectivity index (χ4n) is 1.33. The zero-order valence-corrected chi connectivity index (χ0v) is 13.4. The minimum absolute atomic E-state index is 0.482. The van der Waals surface area contributed by atoms with Gasteiger partial charge in [0.25, 0.3) is 0 Å². The largest absolute Gasteiger partial charge is 0.493 e. The molecule has 0 bridgehead atoms. The molecule has 2 N–H and O–H groups in total. The van der Waals surface area contributed by atoms with Crippen molar-refractivity contribution >= 4 is 39.5 Å². The first-order valence-electron chi connectivity index (χ1n) is 5.60. The Hall–Kier alpha value is -1.34. The Kier molecular flexibility index (Phi) is 6.58. The first-order valence-corrected chi connectivity index (χ1v) is 6.80. The number of benzene rings is 1. The van der Waals surface area contributed by atoms with Crippen molar-refractivity contribution in [3.8, 4) is 11.5 Å². The molecule has 0 saturated heterocycles. The lowest BCUT2D eigenvalue weighted by Gasteiger charge is -2.09. The van der Waals surface area contributed by atoms with E-state index in [4.69, 9.17) is 21.7 Å². The molecule has 0 unspecified atom stereocenters. The molecule has 5 nitrogen and oxygen atoms in total. The van der Waals surface area contributed by atoms with Gasteiger partial charge in [-0.05, 0) is 47.2 Å². The predicted octanol–water partition coefficient (Wildman–Crippen LogP) is 2.28. The van der Waals surface area contributed by atoms with E-state index < -0.39 is 0 Å². The van der Waals surface area contributed by atoms with Gasteiger partial charge in [0.15, 0.2) is 16.6 Å². The number of ether oxygens (including phenoxy) is 2. The van der Waals surface area contributed by atoms with E-state index >= 15 is 0 Å². The molecule has 1 aromatic rings. The van der Waals surface area contributed by atoms with E-state index in [-0.39, 0.29) is 0 Å². The molecule has 1 rings (SSSR count). The van der Waals surface area contributed by atoms with Crippen LogP contribution in [-0.2, 0) is 0 Å². The molecular weight excluding hydrogens is 330 g/mol. The van der Waals surface area contributed by atoms with Crippen molar-refractivity contribution in [2.75, 3.05) is 20.8 Å². The van der Waals surface area contributed by atoms with Gasteiger partial charge < -0.3 is 14.8 Å². The van der Waals surface area contributed by atoms with Crippen LogP contribution in [0, 0.1) is 0 Å². The maximum atomic E-state index is 5.23. The SMILES string of the molecule is CCNC(=S)N/N=C\c1cc(OC)c(OC)cc1Br. The Balaban J connectivity index is 2.83. The highest BCUT2D eigenvalue weighted by Gasteiger charge is 2.08. The van der Waals surface area contributed by atoms with Gasteiger partial charge in [-0.2, -0.15) is 5.10 Å². The van der Waals surface area contributed by atoms with E-state index in [1.165, 1.54) is 0 Å². The molecule has 0 saturated carbocycles. The molecular formula is C12H16BrN3O2S. The van der Waals surface area contributed by atoms with E-state index in [1.54, 1.807) is 20.4 Å². The van der Waals surface area contributed by atoms with Crippen molar-refractivity contribution in [2.24, 2.45) is 5.10 Å². The summed E-state index contributed by atoms with van der Waals surface area (Å²) in [4.78, 5) is 0. The third-order valence-corrected chi connectivity index (χ3v) is 3.13. The Labute approximate surface area is 126 Å². The Bertz CT molecular complexity index is 480. The zero-order valence-electron chi connectivity index (χ0n) is 11.0. The second kappa shape index (κ2) is 7.96. The molecule has 1 aromatic carbocycles. The number of hydrogen-bond donors (Lipinski definition) is 2. The first kappa shape index (κ1) is 15.7. The van der Waals surface area contributed by atoms with Gasteiger partial charge >= 0.3 is 0 Å². The summed E-state index contributed by atoms with van der Waals surface area (Å²) in [5.41, 5.74) is 3.57. The molecule has 0 radical (unpaired) electrons. The highest BCUT2D eigenvalue weighted by molar-refractivity contribution is 9.10. The lowest BCUT2D eigenvalue weighted by atomic mass is 10.2. The van der Waals surface area contributed by atoms with Crippen molar-refractivity contribution in [1.29, 1.82) is 0 Å². The standard InChI is InChI=1S/C12H16BrN3O2S/c1-4-14-12(19)16-15-7-8-5-10(17-2)11(18-3)6-9(8)13/h5-7H,4H2,1-3H3,(H2,14,16,19)/b15-7-. The fraction of sp³-hybridized carbons (Fsp3) is 0.333. The van der Waals surface area contributed by atoms with E-state index in [1.807, 2.05) is 19.1 Å². The summed E-state index contributed by atoms with van der Waals surface area (Å²) in [6, 6.07) is 3.65. The van der Waals surface area contributed by atoms with E-state index in [0.717, 1.165) is 16.6 Å². The van der Waals surface area contributed by atoms with Gasteiger partial charge in [0, 0.05) is 16.6 Å². The molecule has 0 fully saturated rings. The van der Waals surface area contributed by atoms with Crippen molar-refractivity contribution in [2.45, 2.75) is 6.92 Å². The molecule has 0 aliphatic carbocycles. The van der Waals surface area contributed by atoms with Crippen molar-refractivity contribution in [1.82, 2.24) is 10.7 Å². The quantitative estimate of drug-likeness (QED) is 0.487. The highest BCUT2D eigenvalue weighted by atomic mass is 79.9. The van der Waals surface area contributed by atoms with Crippen molar-refractivity contribution in [3.63, 3.8) is 0 Å². The Morgan fingerprint density at radius 1 is 1.37 bits per heavy atom. The lowest BCUT2D eigenvalue weighted by molar-refractivity contribution is 0.354. The van der Waals surface area contributed by atoms with Gasteiger partial charge in [0.05, 0.1) is 20.4 Å². The number of hydrazone groups is 1. The maximum Gasteiger partial charge on any atom is 0.186 e. The minimum atomic E-state index is 0.482. The number of nitrogens with zero attached hydrogens (tertiary/aromatic N) is 1. The smallest absolute Gasteiger partial charge is 0.186 e. The van der Waals surface area contributed by atoms with Crippen LogP contribution in [0.25, 0.3) is 0 Å². The van der Waals surface area contributed by atoms with Gasteiger partial charge in [-0.25, -0.2) is 0 Å². The second-order valence-electron chi connectivity index (χ2n) is 3.46. The normalized spacial score (nSPS) is 10.3. The zero-order chi connectivity index (χ0) is 14.3. The van der Waals surface area contributed by atoms with Gasteiger partial charge in [0.2, 0.25) is 0 Å². The molecule has 0 amide bonds. The molecule has 104 valence electrons. The van der Waals surface area contributed by atoms with Crippen LogP contribution >= 0.6 is 28.1 Å². The molecule has 0 spiro atoms. The lowest BCUT2D eigenvalue weighted by Crippen LogP contribution is -2.31. The number of halogens is 1. The number of methoxy groups -OCH3 is 2. The first-order chi connectivity index (χ1) is 9.12. The summed E-state index contributed by atoms with van der Waals surface area (Å²) >= 11 is 8.44. The summed E-state index contributed by atoms with van der Waals surface area (Å²) in [7, 11) is 3.18. The van der Waals surface area contributed by atoms with Gasteiger partial charge in [-0.3, -0.25) is 5.43 Å². The van der Waals surface area contributed by atoms with Crippen molar-refractivity contribution < 1.29 is 9.47 Å². The summed E-state index contributed by atoms with van der Waals surface area (Å²) < 4.78 is 11.3. The summed E-state index contributed by atoms with van der Waals surface area (Å²) in [6.07, 6.45) is 1.65. The van der Waals surface area contributed by atoms with Crippen LogP contribution in [0.15, 0.2) is 21.7 Å². The third-order valence-electron chi connectivity index (χ3n) is 2.21. The molecule has 0 atom stereocenters. The van der Waals surface area contributed by atoms with E-state index in [9.17, 15) is 0 Å². The average molecular weight is 346 g/mol. The number of nitrogens with one attached hydrogen (secondary N) is 2. The van der Waals surface area contributed by atoms with Crippen LogP contribution in [0.1, 0.15) is 12.5 Å². The predicted molar refractivity (Wildman–Crippen MR) is 84.3 cm³/mol. The van der Waals surface area contributed by atoms with Crippen molar-refractivity contribution in [3.05, 3.63) is 22.2 Å². The number of rotatable bonds is 5. The topological polar surface area (TPSA) is 54.9 Å². The van der Waals surface area contributed by atoms with Gasteiger partial charge in [-0.1, -0.05) is 0 Å². The van der Waals surface area contributed by atoms with E-state index in [2.05, 4.69) is 31.8 Å². The number of hydrogen-bond acceptors (Lipinski definition) is 4. The minimum Gasteiger partial charge on any atom is -0.493 e. The summed E-state index contributed by atoms with van der Waals surface area (Å²) in [6.45, 7) is 2.71. The van der Waals surface area contributed by atoms with Crippen LogP contribution in [0.3, 0.4) is 0 Å². The molecule has 0 aliphatic heterocycles. The monoisotopic (exact) mass is 345 g/mol. The van der Waals surface area contributed by atoms with Crippen LogP contribution in [0.4, 0.5) is 0 Å². The summed E-state index contributed by atoms with van der Waals surface area (Å²) in [5, 5.41) is 7.47. The van der Waals surface area contributed by atoms with Gasteiger partial charge in [-0.15, -0.1) is 0 Å². The molecule has 7 heteroatoms. The van der Waals surface area contributed by atoms with Crippen LogP contribution in [0.2, 0.25) is 0 Å². The Morgan fingerprint density at radius 3 is 2.58 bits per heavy atom.